The van der Waals surface area contributed by atoms with Crippen LogP contribution >= 0.6 is 27.7 Å². The monoisotopic (exact) mass is 426 g/mol. The van der Waals surface area contributed by atoms with E-state index in [4.69, 9.17) is 4.74 Å². The van der Waals surface area contributed by atoms with E-state index in [-0.39, 0.29) is 17.6 Å². The van der Waals surface area contributed by atoms with Crippen molar-refractivity contribution in [3.8, 4) is 5.75 Å². The molecule has 25 heavy (non-hydrogen) atoms. The van der Waals surface area contributed by atoms with E-state index in [1.807, 2.05) is 0 Å². The van der Waals surface area contributed by atoms with Crippen LogP contribution < -0.4 is 10.1 Å². The van der Waals surface area contributed by atoms with Gasteiger partial charge in [-0.05, 0) is 42.1 Å². The van der Waals surface area contributed by atoms with Gasteiger partial charge in [0.1, 0.15) is 0 Å². The number of nitrogens with zero attached hydrogens (tertiary/aromatic N) is 1. The third-order valence-electron chi connectivity index (χ3n) is 2.98. The molecule has 0 spiro atoms. The van der Waals surface area contributed by atoms with Gasteiger partial charge in [0.2, 0.25) is 0 Å². The molecule has 0 atom stereocenters. The van der Waals surface area contributed by atoms with Gasteiger partial charge in [0, 0.05) is 23.5 Å². The first kappa shape index (κ1) is 19.3. The number of amides is 2. The molecule has 2 amide bonds. The van der Waals surface area contributed by atoms with Crippen LogP contribution in [-0.4, -0.2) is 36.7 Å². The molecule has 0 aliphatic heterocycles. The van der Waals surface area contributed by atoms with Crippen LogP contribution in [0.2, 0.25) is 0 Å². The van der Waals surface area contributed by atoms with Crippen LogP contribution in [0, 0.1) is 5.82 Å². The number of anilines is 1. The second-order valence-electron chi connectivity index (χ2n) is 5.17. The second kappa shape index (κ2) is 8.87. The highest BCUT2D eigenvalue weighted by atomic mass is 79.9. The maximum Gasteiger partial charge on any atom is 0.286 e. The Morgan fingerprint density at radius 2 is 1.96 bits per heavy atom. The van der Waals surface area contributed by atoms with E-state index in [1.54, 1.807) is 44.4 Å². The van der Waals surface area contributed by atoms with E-state index in [2.05, 4.69) is 21.2 Å². The highest BCUT2D eigenvalue weighted by Gasteiger charge is 2.13. The number of ether oxygens (including phenoxy) is 1. The first-order chi connectivity index (χ1) is 11.9. The zero-order valence-corrected chi connectivity index (χ0v) is 16.0. The van der Waals surface area contributed by atoms with Crippen molar-refractivity contribution >= 4 is 44.5 Å². The zero-order chi connectivity index (χ0) is 18.4. The van der Waals surface area contributed by atoms with Crippen LogP contribution in [0.15, 0.2) is 51.8 Å². The molecule has 0 saturated heterocycles. The number of para-hydroxylation sites is 1. The van der Waals surface area contributed by atoms with Gasteiger partial charge in [0.25, 0.3) is 11.1 Å². The predicted octanol–water partition coefficient (Wildman–Crippen LogP) is 4.38. The van der Waals surface area contributed by atoms with Crippen LogP contribution in [0.25, 0.3) is 0 Å². The van der Waals surface area contributed by atoms with Crippen molar-refractivity contribution in [2.45, 2.75) is 4.90 Å². The van der Waals surface area contributed by atoms with Crippen molar-refractivity contribution in [3.05, 3.63) is 52.8 Å². The number of carbonyl (C=O) groups excluding carboxylic acids is 2. The number of benzene rings is 2. The lowest BCUT2D eigenvalue weighted by atomic mass is 10.3. The third kappa shape index (κ3) is 5.75. The molecule has 0 aliphatic rings. The van der Waals surface area contributed by atoms with Crippen molar-refractivity contribution in [1.29, 1.82) is 0 Å². The van der Waals surface area contributed by atoms with E-state index >= 15 is 0 Å². The van der Waals surface area contributed by atoms with Crippen molar-refractivity contribution in [2.75, 3.05) is 26.0 Å². The van der Waals surface area contributed by atoms with Gasteiger partial charge in [-0.15, -0.1) is 0 Å². The number of nitrogens with one attached hydrogen (secondary N) is 1. The fourth-order valence-electron chi connectivity index (χ4n) is 1.77. The minimum absolute atomic E-state index is 0.0104. The molecule has 0 heterocycles. The standard InChI is InChI=1S/C17H16BrFN2O3S/c1-21(2)17(23)25-15-6-4-3-5-13(15)20-16(22)10-24-14-8-7-11(18)9-12(14)19/h3-9H,10H2,1-2H3,(H,20,22). The average molecular weight is 427 g/mol. The fourth-order valence-corrected chi connectivity index (χ4v) is 2.85. The van der Waals surface area contributed by atoms with Gasteiger partial charge in [-0.2, -0.15) is 0 Å². The molecular weight excluding hydrogens is 411 g/mol. The van der Waals surface area contributed by atoms with Gasteiger partial charge in [0.05, 0.1) is 5.69 Å². The average Bonchev–Trinajstić information content (AvgIpc) is 2.55. The van der Waals surface area contributed by atoms with Crippen LogP contribution in [0.1, 0.15) is 0 Å². The topological polar surface area (TPSA) is 58.6 Å². The van der Waals surface area contributed by atoms with Gasteiger partial charge >= 0.3 is 0 Å². The van der Waals surface area contributed by atoms with E-state index in [1.165, 1.54) is 17.0 Å². The fraction of sp³-hybridized carbons (Fsp3) is 0.176. The Kier molecular flexibility index (Phi) is 6.83. The Hall–Kier alpha value is -2.06. The van der Waals surface area contributed by atoms with E-state index in [0.717, 1.165) is 11.8 Å². The highest BCUT2D eigenvalue weighted by Crippen LogP contribution is 2.28. The summed E-state index contributed by atoms with van der Waals surface area (Å²) in [5.41, 5.74) is 0.493. The second-order valence-corrected chi connectivity index (χ2v) is 7.08. The van der Waals surface area contributed by atoms with Gasteiger partial charge in [-0.3, -0.25) is 9.59 Å². The van der Waals surface area contributed by atoms with E-state index in [9.17, 15) is 14.0 Å². The van der Waals surface area contributed by atoms with Gasteiger partial charge in [-0.25, -0.2) is 4.39 Å². The molecule has 2 aromatic carbocycles. The van der Waals surface area contributed by atoms with Gasteiger partial charge < -0.3 is 15.0 Å². The van der Waals surface area contributed by atoms with Crippen LogP contribution in [0.4, 0.5) is 14.9 Å². The Bertz CT molecular complexity index is 786. The smallest absolute Gasteiger partial charge is 0.286 e. The minimum Gasteiger partial charge on any atom is -0.481 e. The van der Waals surface area contributed by atoms with Crippen LogP contribution in [0.5, 0.6) is 5.75 Å². The van der Waals surface area contributed by atoms with Crippen LogP contribution in [0.3, 0.4) is 0 Å². The molecule has 8 heteroatoms. The summed E-state index contributed by atoms with van der Waals surface area (Å²) in [5, 5.41) is 2.51. The number of hydrogen-bond donors (Lipinski definition) is 1. The highest BCUT2D eigenvalue weighted by molar-refractivity contribution is 9.10. The van der Waals surface area contributed by atoms with E-state index < -0.39 is 11.7 Å². The summed E-state index contributed by atoms with van der Waals surface area (Å²) in [6.45, 7) is -0.348. The maximum atomic E-state index is 13.7. The van der Waals surface area contributed by atoms with Gasteiger partial charge in [0.15, 0.2) is 18.2 Å². The number of hydrogen-bond acceptors (Lipinski definition) is 4. The number of thioether (sulfide) groups is 1. The molecule has 1 N–H and O–H groups in total. The Morgan fingerprint density at radius 1 is 1.24 bits per heavy atom. The first-order valence-corrected chi connectivity index (χ1v) is 8.83. The molecule has 5 nitrogen and oxygen atoms in total. The minimum atomic E-state index is -0.560. The van der Waals surface area contributed by atoms with Crippen molar-refractivity contribution in [1.82, 2.24) is 4.90 Å². The SMILES string of the molecule is CN(C)C(=O)Sc1ccccc1NC(=O)COc1ccc(Br)cc1F. The first-order valence-electron chi connectivity index (χ1n) is 7.22. The number of carbonyl (C=O) groups is 2. The lowest BCUT2D eigenvalue weighted by Gasteiger charge is -2.13. The van der Waals surface area contributed by atoms with Crippen molar-refractivity contribution in [2.24, 2.45) is 0 Å². The molecule has 0 radical (unpaired) electrons. The predicted molar refractivity (Wildman–Crippen MR) is 99.6 cm³/mol. The quantitative estimate of drug-likeness (QED) is 0.720. The molecule has 0 unspecified atom stereocenters. The van der Waals surface area contributed by atoms with Crippen molar-refractivity contribution in [3.63, 3.8) is 0 Å². The summed E-state index contributed by atoms with van der Waals surface area (Å²) in [7, 11) is 3.30. The maximum absolute atomic E-state index is 13.7. The summed E-state index contributed by atoms with van der Waals surface area (Å²) >= 11 is 4.16. The molecule has 0 aromatic heterocycles. The Labute approximate surface area is 157 Å². The van der Waals surface area contributed by atoms with Crippen molar-refractivity contribution < 1.29 is 18.7 Å². The summed E-state index contributed by atoms with van der Waals surface area (Å²) in [6.07, 6.45) is 0. The molecule has 0 fully saturated rings. The Morgan fingerprint density at radius 3 is 2.64 bits per heavy atom. The zero-order valence-electron chi connectivity index (χ0n) is 13.6. The summed E-state index contributed by atoms with van der Waals surface area (Å²) in [6, 6.07) is 11.2. The largest absolute Gasteiger partial charge is 0.481 e. The molecule has 0 bridgehead atoms. The summed E-state index contributed by atoms with van der Waals surface area (Å²) in [4.78, 5) is 26.0. The lowest BCUT2D eigenvalue weighted by molar-refractivity contribution is -0.118. The molecule has 0 aliphatic carbocycles. The molecule has 2 rings (SSSR count). The molecule has 2 aromatic rings. The van der Waals surface area contributed by atoms with Gasteiger partial charge in [-0.1, -0.05) is 28.1 Å². The summed E-state index contributed by atoms with van der Waals surface area (Å²) < 4.78 is 19.5. The van der Waals surface area contributed by atoms with E-state index in [0.29, 0.717) is 15.1 Å². The third-order valence-corrected chi connectivity index (χ3v) is 4.59. The Balaban J connectivity index is 1.99. The normalized spacial score (nSPS) is 10.2. The summed E-state index contributed by atoms with van der Waals surface area (Å²) in [5.74, 6) is -1.02. The van der Waals surface area contributed by atoms with Crippen LogP contribution in [-0.2, 0) is 4.79 Å². The molecule has 132 valence electrons. The number of rotatable bonds is 5. The molecular formula is C17H16BrFN2O3S. The number of halogens is 2. The lowest BCUT2D eigenvalue weighted by Crippen LogP contribution is -2.21. The molecule has 0 saturated carbocycles.